The summed E-state index contributed by atoms with van der Waals surface area (Å²) < 4.78 is 5.61. The van der Waals surface area contributed by atoms with Gasteiger partial charge in [0.2, 0.25) is 0 Å². The summed E-state index contributed by atoms with van der Waals surface area (Å²) >= 11 is 0. The van der Waals surface area contributed by atoms with Crippen LogP contribution < -0.4 is 4.74 Å². The lowest BCUT2D eigenvalue weighted by molar-refractivity contribution is 0.0240. The van der Waals surface area contributed by atoms with Crippen molar-refractivity contribution in [2.45, 2.75) is 37.1 Å². The second kappa shape index (κ2) is 5.39. The van der Waals surface area contributed by atoms with Crippen LogP contribution in [-0.4, -0.2) is 36.6 Å². The van der Waals surface area contributed by atoms with E-state index in [1.807, 2.05) is 0 Å². The fourth-order valence-corrected chi connectivity index (χ4v) is 6.41. The van der Waals surface area contributed by atoms with E-state index in [4.69, 9.17) is 4.74 Å². The standard InChI is InChI=1S/C24H26N2O/c1-26-10-9-24-14-22-18(17-5-3-4-6-21(17)25-22)13-20(24)23(26)11-15-7-8-16(27-2)12-19(15)24/h3-8,12,20,23,25H,9-11,13-14H2,1-2H3/t20-,23-,24-/m0/s1. The minimum atomic E-state index is 0.243. The Hall–Kier alpha value is -2.26. The normalized spacial score (nSPS) is 29.1. The van der Waals surface area contributed by atoms with Gasteiger partial charge in [0.05, 0.1) is 7.11 Å². The first-order valence-corrected chi connectivity index (χ1v) is 10.2. The van der Waals surface area contributed by atoms with E-state index in [0.717, 1.165) is 12.2 Å². The highest BCUT2D eigenvalue weighted by Gasteiger charge is 2.54. The Kier molecular flexibility index (Phi) is 3.14. The first-order valence-electron chi connectivity index (χ1n) is 10.2. The summed E-state index contributed by atoms with van der Waals surface area (Å²) in [6.07, 6.45) is 4.72. The number of hydrogen-bond donors (Lipinski definition) is 1. The Morgan fingerprint density at radius 3 is 2.93 bits per heavy atom. The van der Waals surface area contributed by atoms with Crippen LogP contribution in [0.1, 0.15) is 28.8 Å². The number of nitrogens with zero attached hydrogens (tertiary/aromatic N) is 1. The number of H-pyrrole nitrogens is 1. The maximum Gasteiger partial charge on any atom is 0.119 e. The zero-order valence-corrected chi connectivity index (χ0v) is 16.1. The summed E-state index contributed by atoms with van der Waals surface area (Å²) in [5, 5.41) is 1.43. The minimum Gasteiger partial charge on any atom is -0.497 e. The Bertz CT molecular complexity index is 1050. The third kappa shape index (κ3) is 2.01. The van der Waals surface area contributed by atoms with Crippen molar-refractivity contribution in [2.24, 2.45) is 5.92 Å². The molecular formula is C24H26N2O. The molecule has 0 saturated carbocycles. The molecule has 0 unspecified atom stereocenters. The van der Waals surface area contributed by atoms with Gasteiger partial charge >= 0.3 is 0 Å². The average Bonchev–Trinajstić information content (AvgIpc) is 3.06. The zero-order valence-electron chi connectivity index (χ0n) is 16.1. The van der Waals surface area contributed by atoms with Crippen LogP contribution in [-0.2, 0) is 24.7 Å². The van der Waals surface area contributed by atoms with E-state index in [1.165, 1.54) is 48.0 Å². The summed E-state index contributed by atoms with van der Waals surface area (Å²) in [5.41, 5.74) is 7.66. The maximum atomic E-state index is 5.61. The molecule has 3 atom stereocenters. The van der Waals surface area contributed by atoms with Crippen LogP contribution >= 0.6 is 0 Å². The van der Waals surface area contributed by atoms with Gasteiger partial charge in [-0.25, -0.2) is 0 Å². The molecule has 1 fully saturated rings. The van der Waals surface area contributed by atoms with Crippen molar-refractivity contribution in [1.82, 2.24) is 9.88 Å². The van der Waals surface area contributed by atoms with E-state index in [-0.39, 0.29) is 5.41 Å². The highest BCUT2D eigenvalue weighted by Crippen LogP contribution is 2.55. The summed E-state index contributed by atoms with van der Waals surface area (Å²) in [5.74, 6) is 1.68. The third-order valence-electron chi connectivity index (χ3n) is 7.75. The van der Waals surface area contributed by atoms with Gasteiger partial charge in [0.15, 0.2) is 0 Å². The lowest BCUT2D eigenvalue weighted by Gasteiger charge is -2.58. The van der Waals surface area contributed by atoms with Crippen molar-refractivity contribution in [2.75, 3.05) is 20.7 Å². The molecule has 6 rings (SSSR count). The number of likely N-dealkylation sites (N-methyl/N-ethyl adjacent to an activating group) is 1. The van der Waals surface area contributed by atoms with Crippen LogP contribution in [0.2, 0.25) is 0 Å². The van der Waals surface area contributed by atoms with Crippen molar-refractivity contribution in [3.8, 4) is 5.75 Å². The van der Waals surface area contributed by atoms with E-state index < -0.39 is 0 Å². The Morgan fingerprint density at radius 1 is 1.15 bits per heavy atom. The van der Waals surface area contributed by atoms with Crippen LogP contribution in [0.15, 0.2) is 42.5 Å². The van der Waals surface area contributed by atoms with Gasteiger partial charge in [-0.15, -0.1) is 0 Å². The summed E-state index contributed by atoms with van der Waals surface area (Å²) in [6.45, 7) is 1.19. The molecule has 0 radical (unpaired) electrons. The highest BCUT2D eigenvalue weighted by molar-refractivity contribution is 5.85. The molecule has 1 saturated heterocycles. The number of nitrogens with one attached hydrogen (secondary N) is 1. The molecule has 2 aromatic carbocycles. The summed E-state index contributed by atoms with van der Waals surface area (Å²) in [4.78, 5) is 6.39. The van der Waals surface area contributed by atoms with Gasteiger partial charge < -0.3 is 14.6 Å². The van der Waals surface area contributed by atoms with E-state index in [2.05, 4.69) is 59.4 Å². The van der Waals surface area contributed by atoms with Gasteiger partial charge in [0.25, 0.3) is 0 Å². The third-order valence-corrected chi connectivity index (χ3v) is 7.75. The highest BCUT2D eigenvalue weighted by atomic mass is 16.5. The first-order chi connectivity index (χ1) is 13.2. The second-order valence-corrected chi connectivity index (χ2v) is 8.80. The number of ether oxygens (including phenoxy) is 1. The van der Waals surface area contributed by atoms with Crippen LogP contribution in [0, 0.1) is 5.92 Å². The molecule has 3 heteroatoms. The molecule has 3 aliphatic rings. The van der Waals surface area contributed by atoms with Gasteiger partial charge in [-0.05, 0) is 80.1 Å². The molecule has 1 N–H and O–H groups in total. The minimum absolute atomic E-state index is 0.243. The van der Waals surface area contributed by atoms with Crippen LogP contribution in [0.25, 0.3) is 10.9 Å². The number of piperidine rings is 1. The van der Waals surface area contributed by atoms with E-state index in [9.17, 15) is 0 Å². The van der Waals surface area contributed by atoms with Crippen LogP contribution in [0.5, 0.6) is 5.75 Å². The van der Waals surface area contributed by atoms with E-state index >= 15 is 0 Å². The Balaban J connectivity index is 1.59. The van der Waals surface area contributed by atoms with Gasteiger partial charge in [-0.2, -0.15) is 0 Å². The number of fused-ring (bicyclic) bond motifs is 4. The second-order valence-electron chi connectivity index (χ2n) is 8.80. The zero-order chi connectivity index (χ0) is 18.2. The molecule has 3 aromatic rings. The predicted molar refractivity (Wildman–Crippen MR) is 109 cm³/mol. The topological polar surface area (TPSA) is 28.3 Å². The van der Waals surface area contributed by atoms with Crippen molar-refractivity contribution >= 4 is 10.9 Å². The quantitative estimate of drug-likeness (QED) is 0.710. The molecule has 138 valence electrons. The smallest absolute Gasteiger partial charge is 0.119 e. The van der Waals surface area contributed by atoms with E-state index in [0.29, 0.717) is 12.0 Å². The number of methoxy groups -OCH3 is 1. The number of para-hydroxylation sites is 1. The number of likely N-dealkylation sites (tertiary alicyclic amines) is 1. The van der Waals surface area contributed by atoms with E-state index in [1.54, 1.807) is 18.2 Å². The van der Waals surface area contributed by atoms with Crippen molar-refractivity contribution < 1.29 is 4.74 Å². The van der Waals surface area contributed by atoms with Gasteiger partial charge in [-0.3, -0.25) is 0 Å². The summed E-state index contributed by atoms with van der Waals surface area (Å²) in [6, 6.07) is 16.3. The number of aromatic amines is 1. The maximum absolute atomic E-state index is 5.61. The largest absolute Gasteiger partial charge is 0.497 e. The number of benzene rings is 2. The molecule has 2 heterocycles. The first kappa shape index (κ1) is 15.8. The van der Waals surface area contributed by atoms with Crippen LogP contribution in [0.3, 0.4) is 0 Å². The lowest BCUT2D eigenvalue weighted by atomic mass is 9.52. The predicted octanol–water partition coefficient (Wildman–Crippen LogP) is 4.09. The number of rotatable bonds is 1. The number of hydrogen-bond acceptors (Lipinski definition) is 2. The molecule has 1 aromatic heterocycles. The molecule has 27 heavy (non-hydrogen) atoms. The lowest BCUT2D eigenvalue weighted by Crippen LogP contribution is -2.61. The fraction of sp³-hybridized carbons (Fsp3) is 0.417. The van der Waals surface area contributed by atoms with Crippen molar-refractivity contribution in [1.29, 1.82) is 0 Å². The Morgan fingerprint density at radius 2 is 2.04 bits per heavy atom. The molecule has 2 bridgehead atoms. The monoisotopic (exact) mass is 358 g/mol. The van der Waals surface area contributed by atoms with Gasteiger partial charge in [-0.1, -0.05) is 24.3 Å². The molecule has 2 aliphatic carbocycles. The van der Waals surface area contributed by atoms with Gasteiger partial charge in [0.1, 0.15) is 5.75 Å². The number of aromatic nitrogens is 1. The van der Waals surface area contributed by atoms with Crippen molar-refractivity contribution in [3.05, 3.63) is 64.8 Å². The molecule has 0 spiro atoms. The molecule has 3 nitrogen and oxygen atoms in total. The SMILES string of the molecule is COc1ccc2c(c1)[C@@]13CCN(C)[C@@H](C2)[C@@H]1Cc1c([nH]c2ccccc12)C3. The Labute approximate surface area is 160 Å². The van der Waals surface area contributed by atoms with Gasteiger partial charge in [0, 0.05) is 28.1 Å². The molecular weight excluding hydrogens is 332 g/mol. The van der Waals surface area contributed by atoms with Crippen LogP contribution in [0.4, 0.5) is 0 Å². The fourth-order valence-electron chi connectivity index (χ4n) is 6.41. The summed E-state index contributed by atoms with van der Waals surface area (Å²) in [7, 11) is 4.11. The average molecular weight is 358 g/mol. The molecule has 0 amide bonds. The molecule has 1 aliphatic heterocycles. The van der Waals surface area contributed by atoms with Crippen molar-refractivity contribution in [3.63, 3.8) is 0 Å².